The fraction of sp³-hybridized carbons (Fsp3) is 0.500. The summed E-state index contributed by atoms with van der Waals surface area (Å²) in [6, 6.07) is 4.44. The van der Waals surface area contributed by atoms with Crippen LogP contribution in [0.5, 0.6) is 0 Å². The fourth-order valence-corrected chi connectivity index (χ4v) is 3.70. The van der Waals surface area contributed by atoms with Crippen molar-refractivity contribution < 1.29 is 9.59 Å². The Labute approximate surface area is 140 Å². The number of nitrogens with zero attached hydrogens (tertiary/aromatic N) is 2. The largest absolute Gasteiger partial charge is 0.292 e. The molecule has 3 rings (SSSR count). The molecule has 2 heterocycles. The number of rotatable bonds is 2. The molecule has 22 heavy (non-hydrogen) atoms. The Hall–Kier alpha value is -1.10. The third kappa shape index (κ3) is 3.00. The van der Waals surface area contributed by atoms with Gasteiger partial charge in [0.1, 0.15) is 0 Å². The minimum Gasteiger partial charge on any atom is -0.292 e. The van der Waals surface area contributed by atoms with Crippen LogP contribution in [0.1, 0.15) is 26.2 Å². The molecule has 1 atom stereocenters. The number of likely N-dealkylation sites (tertiary alicyclic amines) is 1. The van der Waals surface area contributed by atoms with Gasteiger partial charge in [-0.2, -0.15) is 0 Å². The van der Waals surface area contributed by atoms with E-state index in [1.165, 1.54) is 4.90 Å². The summed E-state index contributed by atoms with van der Waals surface area (Å²) in [6.45, 7) is 3.96. The second kappa shape index (κ2) is 6.19. The first kappa shape index (κ1) is 15.8. The van der Waals surface area contributed by atoms with Crippen molar-refractivity contribution in [3.05, 3.63) is 28.2 Å². The lowest BCUT2D eigenvalue weighted by atomic mass is 9.97. The van der Waals surface area contributed by atoms with Gasteiger partial charge in [-0.1, -0.05) is 30.1 Å². The Bertz CT molecular complexity index is 592. The lowest BCUT2D eigenvalue weighted by Crippen LogP contribution is -2.45. The van der Waals surface area contributed by atoms with E-state index in [9.17, 15) is 9.59 Å². The van der Waals surface area contributed by atoms with E-state index in [2.05, 4.69) is 11.8 Å². The molecule has 2 aliphatic heterocycles. The highest BCUT2D eigenvalue weighted by molar-refractivity contribution is 6.35. The molecule has 0 bridgehead atoms. The number of halogens is 2. The van der Waals surface area contributed by atoms with Crippen LogP contribution in [-0.4, -0.2) is 35.8 Å². The van der Waals surface area contributed by atoms with Gasteiger partial charge < -0.3 is 0 Å². The minimum atomic E-state index is -0.349. The monoisotopic (exact) mass is 340 g/mol. The van der Waals surface area contributed by atoms with E-state index >= 15 is 0 Å². The van der Waals surface area contributed by atoms with Crippen molar-refractivity contribution >= 4 is 40.7 Å². The molecule has 2 aliphatic rings. The molecule has 0 saturated carbocycles. The van der Waals surface area contributed by atoms with Gasteiger partial charge >= 0.3 is 0 Å². The summed E-state index contributed by atoms with van der Waals surface area (Å²) in [5.41, 5.74) is 0.459. The van der Waals surface area contributed by atoms with Crippen molar-refractivity contribution in [3.63, 3.8) is 0 Å². The Morgan fingerprint density at radius 1 is 1.05 bits per heavy atom. The van der Waals surface area contributed by atoms with Gasteiger partial charge in [0.2, 0.25) is 5.91 Å². The number of benzene rings is 1. The van der Waals surface area contributed by atoms with Gasteiger partial charge in [-0.05, 0) is 50.0 Å². The first-order valence-electron chi connectivity index (χ1n) is 7.52. The first-order chi connectivity index (χ1) is 10.5. The lowest BCUT2D eigenvalue weighted by Gasteiger charge is -2.33. The molecular formula is C16H18Cl2N2O2. The summed E-state index contributed by atoms with van der Waals surface area (Å²) in [6.07, 6.45) is 2.37. The van der Waals surface area contributed by atoms with Crippen molar-refractivity contribution in [2.75, 3.05) is 18.0 Å². The van der Waals surface area contributed by atoms with Gasteiger partial charge in [0.05, 0.1) is 18.2 Å². The molecule has 2 amide bonds. The highest BCUT2D eigenvalue weighted by Crippen LogP contribution is 2.31. The number of hydrogen-bond acceptors (Lipinski definition) is 3. The van der Waals surface area contributed by atoms with Crippen LogP contribution in [0, 0.1) is 5.92 Å². The van der Waals surface area contributed by atoms with Crippen LogP contribution < -0.4 is 4.90 Å². The quantitative estimate of drug-likeness (QED) is 0.775. The minimum absolute atomic E-state index is 0.169. The number of anilines is 1. The van der Waals surface area contributed by atoms with Crippen molar-refractivity contribution in [3.8, 4) is 0 Å². The fourth-order valence-electron chi connectivity index (χ4n) is 3.18. The zero-order valence-corrected chi connectivity index (χ0v) is 13.9. The van der Waals surface area contributed by atoms with E-state index in [0.29, 0.717) is 21.7 Å². The smallest absolute Gasteiger partial charge is 0.251 e. The van der Waals surface area contributed by atoms with Gasteiger partial charge in [-0.3, -0.25) is 14.5 Å². The summed E-state index contributed by atoms with van der Waals surface area (Å²) in [5.74, 6) is 0.330. The molecular weight excluding hydrogens is 323 g/mol. The predicted molar refractivity (Wildman–Crippen MR) is 87.3 cm³/mol. The summed E-state index contributed by atoms with van der Waals surface area (Å²) in [4.78, 5) is 28.4. The van der Waals surface area contributed by atoms with Gasteiger partial charge in [0.25, 0.3) is 5.91 Å². The van der Waals surface area contributed by atoms with Crippen LogP contribution in [0.25, 0.3) is 0 Å². The Morgan fingerprint density at radius 2 is 1.64 bits per heavy atom. The van der Waals surface area contributed by atoms with E-state index in [4.69, 9.17) is 23.2 Å². The zero-order chi connectivity index (χ0) is 15.9. The molecule has 2 saturated heterocycles. The van der Waals surface area contributed by atoms with E-state index in [1.54, 1.807) is 18.2 Å². The number of imide groups is 1. The molecule has 0 aliphatic carbocycles. The predicted octanol–water partition coefficient (Wildman–Crippen LogP) is 3.36. The highest BCUT2D eigenvalue weighted by atomic mass is 35.5. The number of carbonyl (C=O) groups is 2. The molecule has 1 aromatic rings. The number of amides is 2. The van der Waals surface area contributed by atoms with Gasteiger partial charge in [0, 0.05) is 10.0 Å². The molecule has 0 N–H and O–H groups in total. The molecule has 6 heteroatoms. The molecule has 0 unspecified atom stereocenters. The number of piperidine rings is 1. The maximum absolute atomic E-state index is 12.7. The van der Waals surface area contributed by atoms with Crippen molar-refractivity contribution in [2.24, 2.45) is 5.92 Å². The topological polar surface area (TPSA) is 40.6 Å². The highest BCUT2D eigenvalue weighted by Gasteiger charge is 2.43. The van der Waals surface area contributed by atoms with Crippen LogP contribution in [0.2, 0.25) is 10.0 Å². The molecule has 2 fully saturated rings. The Morgan fingerprint density at radius 3 is 2.23 bits per heavy atom. The van der Waals surface area contributed by atoms with Crippen molar-refractivity contribution in [1.82, 2.24) is 4.90 Å². The maximum Gasteiger partial charge on any atom is 0.251 e. The molecule has 4 nitrogen and oxygen atoms in total. The SMILES string of the molecule is CC1CCN([C@@H]2CC(=O)N(c3cc(Cl)cc(Cl)c3)C2=O)CC1. The Kier molecular flexibility index (Phi) is 4.44. The normalized spacial score (nSPS) is 24.3. The average Bonchev–Trinajstić information content (AvgIpc) is 2.74. The van der Waals surface area contributed by atoms with Crippen molar-refractivity contribution in [2.45, 2.75) is 32.2 Å². The van der Waals surface area contributed by atoms with Crippen LogP contribution in [0.4, 0.5) is 5.69 Å². The van der Waals surface area contributed by atoms with Crippen LogP contribution in [-0.2, 0) is 9.59 Å². The lowest BCUT2D eigenvalue weighted by molar-refractivity contribution is -0.123. The second-order valence-corrected chi connectivity index (χ2v) is 7.01. The zero-order valence-electron chi connectivity index (χ0n) is 12.4. The average molecular weight is 341 g/mol. The molecule has 0 aromatic heterocycles. The molecule has 118 valence electrons. The van der Waals surface area contributed by atoms with E-state index in [-0.39, 0.29) is 24.3 Å². The second-order valence-electron chi connectivity index (χ2n) is 6.13. The Balaban J connectivity index is 1.82. The van der Waals surface area contributed by atoms with Crippen molar-refractivity contribution in [1.29, 1.82) is 0 Å². The van der Waals surface area contributed by atoms with Crippen LogP contribution in [0.3, 0.4) is 0 Å². The standard InChI is InChI=1S/C16H18Cl2N2O2/c1-10-2-4-19(5-3-10)14-9-15(21)20(16(14)22)13-7-11(17)6-12(18)8-13/h6-8,10,14H,2-5,9H2,1H3/t14-/m1/s1. The summed E-state index contributed by atoms with van der Waals surface area (Å²) in [7, 11) is 0. The van der Waals surface area contributed by atoms with E-state index < -0.39 is 0 Å². The molecule has 0 spiro atoms. The van der Waals surface area contributed by atoms with Gasteiger partial charge in [-0.25, -0.2) is 4.90 Å². The molecule has 0 radical (unpaired) electrons. The number of carbonyl (C=O) groups excluding carboxylic acids is 2. The maximum atomic E-state index is 12.7. The van der Waals surface area contributed by atoms with Crippen LogP contribution >= 0.6 is 23.2 Å². The summed E-state index contributed by atoms with van der Waals surface area (Å²) >= 11 is 12.0. The van der Waals surface area contributed by atoms with Crippen LogP contribution in [0.15, 0.2) is 18.2 Å². The number of hydrogen-bond donors (Lipinski definition) is 0. The molecule has 1 aromatic carbocycles. The summed E-state index contributed by atoms with van der Waals surface area (Å²) < 4.78 is 0. The van der Waals surface area contributed by atoms with E-state index in [0.717, 1.165) is 25.9 Å². The van der Waals surface area contributed by atoms with Gasteiger partial charge in [-0.15, -0.1) is 0 Å². The third-order valence-electron chi connectivity index (χ3n) is 4.49. The third-order valence-corrected chi connectivity index (χ3v) is 4.92. The first-order valence-corrected chi connectivity index (χ1v) is 8.28. The summed E-state index contributed by atoms with van der Waals surface area (Å²) in [5, 5.41) is 0.830. The van der Waals surface area contributed by atoms with E-state index in [1.807, 2.05) is 0 Å². The van der Waals surface area contributed by atoms with Gasteiger partial charge in [0.15, 0.2) is 0 Å².